The fourth-order valence-electron chi connectivity index (χ4n) is 1.28. The fourth-order valence-corrected chi connectivity index (χ4v) is 2.53. The van der Waals surface area contributed by atoms with Crippen molar-refractivity contribution in [2.75, 3.05) is 0 Å². The predicted octanol–water partition coefficient (Wildman–Crippen LogP) is 1.73. The second-order valence-electron chi connectivity index (χ2n) is 2.64. The number of amides is 4. The van der Waals surface area contributed by atoms with Crippen molar-refractivity contribution in [2.45, 2.75) is 12.3 Å². The molecule has 78 valence electrons. The van der Waals surface area contributed by atoms with Gasteiger partial charge in [-0.15, -0.1) is 0 Å². The lowest BCUT2D eigenvalue weighted by Gasteiger charge is -2.16. The van der Waals surface area contributed by atoms with Gasteiger partial charge in [-0.25, -0.2) is 27.3 Å². The Morgan fingerprint density at radius 2 is 0.929 bits per heavy atom. The molecule has 0 aromatic heterocycles. The summed E-state index contributed by atoms with van der Waals surface area (Å²) >= 11 is 22.3. The summed E-state index contributed by atoms with van der Waals surface area (Å²) in [6, 6.07) is -1.38. The number of hydrogen-bond acceptors (Lipinski definition) is 2. The number of carbonyl (C=O) groups excluding carboxylic acids is 2. The molecule has 0 spiro atoms. The molecule has 4 amide bonds. The molecule has 2 aliphatic heterocycles. The molecule has 2 heterocycles. The molecular formula is C4H2Cl4N4O2. The van der Waals surface area contributed by atoms with E-state index in [0.717, 1.165) is 0 Å². The van der Waals surface area contributed by atoms with E-state index >= 15 is 0 Å². The molecule has 0 bridgehead atoms. The third-order valence-corrected chi connectivity index (χ3v) is 3.30. The third-order valence-electron chi connectivity index (χ3n) is 1.93. The number of halogens is 4. The van der Waals surface area contributed by atoms with E-state index in [1.165, 1.54) is 0 Å². The van der Waals surface area contributed by atoms with Gasteiger partial charge in [-0.1, -0.05) is 0 Å². The average molecular weight is 280 g/mol. The number of urea groups is 2. The van der Waals surface area contributed by atoms with Gasteiger partial charge in [0.25, 0.3) is 0 Å². The molecule has 2 fully saturated rings. The molecule has 14 heavy (non-hydrogen) atoms. The molecular weight excluding hydrogens is 278 g/mol. The zero-order chi connectivity index (χ0) is 10.6. The van der Waals surface area contributed by atoms with Crippen LogP contribution in [0.4, 0.5) is 9.59 Å². The van der Waals surface area contributed by atoms with Crippen molar-refractivity contribution in [3.8, 4) is 0 Å². The molecule has 2 saturated heterocycles. The normalized spacial score (nSPS) is 32.0. The molecule has 2 aliphatic rings. The zero-order valence-electron chi connectivity index (χ0n) is 6.27. The Morgan fingerprint density at radius 1 is 0.714 bits per heavy atom. The monoisotopic (exact) mass is 278 g/mol. The Kier molecular flexibility index (Phi) is 2.26. The summed E-state index contributed by atoms with van der Waals surface area (Å²) in [6.07, 6.45) is -1.79. The van der Waals surface area contributed by atoms with Crippen molar-refractivity contribution in [3.05, 3.63) is 0 Å². The topological polar surface area (TPSA) is 47.1 Å². The molecule has 0 radical (unpaired) electrons. The summed E-state index contributed by atoms with van der Waals surface area (Å²) in [7, 11) is 0. The average Bonchev–Trinajstić information content (AvgIpc) is 2.51. The van der Waals surface area contributed by atoms with Gasteiger partial charge >= 0.3 is 12.1 Å². The summed E-state index contributed by atoms with van der Waals surface area (Å²) < 4.78 is 2.85. The molecule has 0 saturated carbocycles. The van der Waals surface area contributed by atoms with Crippen LogP contribution in [0.2, 0.25) is 0 Å². The first-order valence-corrected chi connectivity index (χ1v) is 4.70. The Labute approximate surface area is 98.8 Å². The van der Waals surface area contributed by atoms with Crippen LogP contribution in [0.5, 0.6) is 0 Å². The van der Waals surface area contributed by atoms with Crippen molar-refractivity contribution in [1.82, 2.24) is 17.7 Å². The van der Waals surface area contributed by atoms with Crippen molar-refractivity contribution in [2.24, 2.45) is 0 Å². The second-order valence-corrected chi connectivity index (χ2v) is 4.09. The summed E-state index contributed by atoms with van der Waals surface area (Å²) in [4.78, 5) is 22.4. The van der Waals surface area contributed by atoms with Gasteiger partial charge in [0.1, 0.15) is 0 Å². The highest BCUT2D eigenvalue weighted by Crippen LogP contribution is 2.38. The summed E-state index contributed by atoms with van der Waals surface area (Å²) in [5.74, 6) is 0. The SMILES string of the molecule is O=C1N(Cl)C2C(N1Cl)N(Cl)C(=O)N2Cl. The van der Waals surface area contributed by atoms with Crippen molar-refractivity contribution in [1.29, 1.82) is 0 Å². The van der Waals surface area contributed by atoms with Gasteiger partial charge in [0, 0.05) is 47.1 Å². The first kappa shape index (κ1) is 10.2. The van der Waals surface area contributed by atoms with Crippen LogP contribution in [0.1, 0.15) is 0 Å². The van der Waals surface area contributed by atoms with Gasteiger partial charge in [-0.3, -0.25) is 0 Å². The fraction of sp³-hybridized carbons (Fsp3) is 0.500. The Balaban J connectivity index is 2.39. The first-order chi connectivity index (χ1) is 6.46. The van der Waals surface area contributed by atoms with E-state index in [4.69, 9.17) is 47.1 Å². The first-order valence-electron chi connectivity index (χ1n) is 3.34. The molecule has 0 aromatic rings. The van der Waals surface area contributed by atoms with E-state index in [1.807, 2.05) is 0 Å². The summed E-state index contributed by atoms with van der Waals surface area (Å²) in [5, 5.41) is 0. The molecule has 0 aromatic carbocycles. The predicted molar refractivity (Wildman–Crippen MR) is 49.1 cm³/mol. The lowest BCUT2D eigenvalue weighted by molar-refractivity contribution is 0.198. The lowest BCUT2D eigenvalue weighted by atomic mass is 10.4. The lowest BCUT2D eigenvalue weighted by Crippen LogP contribution is -2.37. The van der Waals surface area contributed by atoms with Crippen LogP contribution in [0.15, 0.2) is 0 Å². The largest absolute Gasteiger partial charge is 0.353 e. The summed E-state index contributed by atoms with van der Waals surface area (Å²) in [5.41, 5.74) is 0. The number of fused-ring (bicyclic) bond motifs is 1. The minimum atomic E-state index is -0.895. The number of carbonyl (C=O) groups is 2. The van der Waals surface area contributed by atoms with Crippen LogP contribution in [0, 0.1) is 0 Å². The molecule has 6 nitrogen and oxygen atoms in total. The van der Waals surface area contributed by atoms with E-state index in [0.29, 0.717) is 17.7 Å². The number of hydrogen-bond donors (Lipinski definition) is 0. The van der Waals surface area contributed by atoms with Gasteiger partial charge in [0.2, 0.25) is 0 Å². The third kappa shape index (κ3) is 1.05. The van der Waals surface area contributed by atoms with Crippen LogP contribution in [0.25, 0.3) is 0 Å². The van der Waals surface area contributed by atoms with Crippen molar-refractivity contribution < 1.29 is 9.59 Å². The molecule has 0 atom stereocenters. The molecule has 0 unspecified atom stereocenters. The van der Waals surface area contributed by atoms with Crippen LogP contribution in [0.3, 0.4) is 0 Å². The van der Waals surface area contributed by atoms with E-state index in [1.54, 1.807) is 0 Å². The second kappa shape index (κ2) is 3.10. The zero-order valence-corrected chi connectivity index (χ0v) is 9.30. The van der Waals surface area contributed by atoms with E-state index < -0.39 is 24.4 Å². The van der Waals surface area contributed by atoms with Gasteiger partial charge in [0.05, 0.1) is 0 Å². The van der Waals surface area contributed by atoms with E-state index in [-0.39, 0.29) is 0 Å². The van der Waals surface area contributed by atoms with Gasteiger partial charge in [-0.2, -0.15) is 0 Å². The number of rotatable bonds is 0. The Hall–Kier alpha value is -0.300. The Bertz CT molecular complexity index is 260. The minimum absolute atomic E-state index is 0.688. The maximum absolute atomic E-state index is 11.2. The minimum Gasteiger partial charge on any atom is -0.245 e. The highest BCUT2D eigenvalue weighted by atomic mass is 35.5. The van der Waals surface area contributed by atoms with Gasteiger partial charge < -0.3 is 0 Å². The Morgan fingerprint density at radius 3 is 1.14 bits per heavy atom. The summed E-state index contributed by atoms with van der Waals surface area (Å²) in [6.45, 7) is 0. The number of nitrogens with zero attached hydrogens (tertiary/aromatic N) is 4. The maximum atomic E-state index is 11.2. The van der Waals surface area contributed by atoms with Crippen LogP contribution in [-0.2, 0) is 0 Å². The highest BCUT2D eigenvalue weighted by Gasteiger charge is 2.59. The highest BCUT2D eigenvalue weighted by molar-refractivity contribution is 6.34. The van der Waals surface area contributed by atoms with Crippen LogP contribution < -0.4 is 0 Å². The van der Waals surface area contributed by atoms with E-state index in [9.17, 15) is 9.59 Å². The van der Waals surface area contributed by atoms with Crippen molar-refractivity contribution in [3.63, 3.8) is 0 Å². The van der Waals surface area contributed by atoms with Gasteiger partial charge in [-0.05, 0) is 0 Å². The molecule has 2 rings (SSSR count). The smallest absolute Gasteiger partial charge is 0.245 e. The maximum Gasteiger partial charge on any atom is 0.353 e. The standard InChI is InChI=1S/C4H2Cl4N4O2/c5-9-1-2(11(7)3(9)13)12(8)4(14)10(1)6/h1-2H. The molecule has 0 N–H and O–H groups in total. The van der Waals surface area contributed by atoms with Crippen molar-refractivity contribution >= 4 is 59.2 Å². The van der Waals surface area contributed by atoms with Gasteiger partial charge in [0.15, 0.2) is 12.3 Å². The van der Waals surface area contributed by atoms with Crippen LogP contribution >= 0.6 is 47.1 Å². The molecule has 10 heteroatoms. The molecule has 0 aliphatic carbocycles. The quantitative estimate of drug-likeness (QED) is 0.634. The van der Waals surface area contributed by atoms with Crippen LogP contribution in [-0.4, -0.2) is 42.1 Å². The van der Waals surface area contributed by atoms with E-state index in [2.05, 4.69) is 0 Å².